The Kier molecular flexibility index (Phi) is 2.54. The van der Waals surface area contributed by atoms with Crippen molar-refractivity contribution in [2.24, 2.45) is 11.3 Å². The number of halogens is 2. The van der Waals surface area contributed by atoms with Gasteiger partial charge in [0, 0.05) is 17.8 Å². The molecule has 2 atom stereocenters. The Labute approximate surface area is 123 Å². The third kappa shape index (κ3) is 1.76. The molecule has 0 N–H and O–H groups in total. The normalized spacial score (nSPS) is 25.1. The van der Waals surface area contributed by atoms with Gasteiger partial charge >= 0.3 is 0 Å². The van der Waals surface area contributed by atoms with Gasteiger partial charge in [-0.15, -0.1) is 12.1 Å². The molecule has 0 aliphatic heterocycles. The van der Waals surface area contributed by atoms with Crippen LogP contribution in [0, 0.1) is 29.0 Å². The van der Waals surface area contributed by atoms with E-state index in [1.165, 1.54) is 17.5 Å². The predicted octanol–water partition coefficient (Wildman–Crippen LogP) is 4.51. The number of hydrogen-bond acceptors (Lipinski definition) is 1. The first-order valence-electron chi connectivity index (χ1n) is 7.32. The van der Waals surface area contributed by atoms with Crippen LogP contribution in [-0.4, -0.2) is 4.98 Å². The SMILES string of the molecule is CC1(C)C2Cc3cc(-c4[c-]cc(F)cc4F)ncc3C1C2. The minimum absolute atomic E-state index is 0.248. The lowest BCUT2D eigenvalue weighted by Crippen LogP contribution is -2.48. The predicted molar refractivity (Wildman–Crippen MR) is 76.8 cm³/mol. The third-order valence-corrected chi connectivity index (χ3v) is 5.45. The quantitative estimate of drug-likeness (QED) is 0.702. The molecule has 3 aliphatic rings. The zero-order valence-corrected chi connectivity index (χ0v) is 12.1. The summed E-state index contributed by atoms with van der Waals surface area (Å²) in [6.07, 6.45) is 4.14. The minimum atomic E-state index is -0.614. The van der Waals surface area contributed by atoms with Crippen LogP contribution >= 0.6 is 0 Å². The van der Waals surface area contributed by atoms with Crippen LogP contribution in [0.5, 0.6) is 0 Å². The molecule has 0 amide bonds. The standard InChI is InChI=1S/C18H16F2N/c1-18(2)11-5-10-6-17(21-9-14(10)15(18)7-11)13-4-3-12(19)8-16(13)20/h3,6,8-9,11,15H,5,7H2,1-2H3/q-1. The van der Waals surface area contributed by atoms with Crippen LogP contribution in [0.1, 0.15) is 37.3 Å². The molecule has 108 valence electrons. The van der Waals surface area contributed by atoms with Gasteiger partial charge in [-0.25, -0.2) is 0 Å². The van der Waals surface area contributed by atoms with E-state index in [0.29, 0.717) is 22.9 Å². The molecule has 1 aromatic carbocycles. The van der Waals surface area contributed by atoms with Crippen molar-refractivity contribution in [1.82, 2.24) is 4.98 Å². The average molecular weight is 284 g/mol. The number of aromatic nitrogens is 1. The second-order valence-corrected chi connectivity index (χ2v) is 6.82. The van der Waals surface area contributed by atoms with Gasteiger partial charge in [-0.1, -0.05) is 31.5 Å². The van der Waals surface area contributed by atoms with Gasteiger partial charge in [0.05, 0.1) is 0 Å². The fourth-order valence-electron chi connectivity index (χ4n) is 3.93. The Bertz CT molecular complexity index is 736. The van der Waals surface area contributed by atoms with E-state index < -0.39 is 11.6 Å². The molecule has 1 saturated carbocycles. The van der Waals surface area contributed by atoms with Crippen LogP contribution in [0.3, 0.4) is 0 Å². The first-order chi connectivity index (χ1) is 9.96. The Balaban J connectivity index is 1.78. The lowest BCUT2D eigenvalue weighted by atomic mass is 9.47. The van der Waals surface area contributed by atoms with Crippen molar-refractivity contribution < 1.29 is 8.78 Å². The van der Waals surface area contributed by atoms with E-state index in [4.69, 9.17) is 0 Å². The average Bonchev–Trinajstić information content (AvgIpc) is 2.45. The van der Waals surface area contributed by atoms with Crippen molar-refractivity contribution >= 4 is 0 Å². The molecule has 3 heteroatoms. The van der Waals surface area contributed by atoms with Crippen LogP contribution < -0.4 is 0 Å². The number of benzene rings is 1. The van der Waals surface area contributed by atoms with Crippen molar-refractivity contribution in [3.8, 4) is 11.3 Å². The van der Waals surface area contributed by atoms with Gasteiger partial charge in [0.1, 0.15) is 0 Å². The smallest absolute Gasteiger partial charge is 0.0408 e. The van der Waals surface area contributed by atoms with E-state index >= 15 is 0 Å². The highest BCUT2D eigenvalue weighted by molar-refractivity contribution is 5.61. The maximum Gasteiger partial charge on any atom is 0.0408 e. The third-order valence-electron chi connectivity index (χ3n) is 5.45. The van der Waals surface area contributed by atoms with Crippen molar-refractivity contribution in [1.29, 1.82) is 0 Å². The minimum Gasteiger partial charge on any atom is -0.304 e. The van der Waals surface area contributed by atoms with E-state index in [-0.39, 0.29) is 5.56 Å². The van der Waals surface area contributed by atoms with Crippen LogP contribution in [0.15, 0.2) is 24.4 Å². The van der Waals surface area contributed by atoms with E-state index in [0.717, 1.165) is 18.6 Å². The van der Waals surface area contributed by atoms with Crippen LogP contribution in [-0.2, 0) is 6.42 Å². The summed E-state index contributed by atoms with van der Waals surface area (Å²) in [6.45, 7) is 4.63. The van der Waals surface area contributed by atoms with Gasteiger partial charge < -0.3 is 4.98 Å². The highest BCUT2D eigenvalue weighted by Crippen LogP contribution is 2.62. The van der Waals surface area contributed by atoms with E-state index in [9.17, 15) is 8.78 Å². The van der Waals surface area contributed by atoms with Gasteiger partial charge in [-0.3, -0.25) is 8.78 Å². The highest BCUT2D eigenvalue weighted by Gasteiger charge is 2.52. The van der Waals surface area contributed by atoms with Gasteiger partial charge in [-0.05, 0) is 46.9 Å². The summed E-state index contributed by atoms with van der Waals surface area (Å²) in [5, 5.41) is 0. The fraction of sp³-hybridized carbons (Fsp3) is 0.389. The van der Waals surface area contributed by atoms with Gasteiger partial charge in [0.15, 0.2) is 0 Å². The van der Waals surface area contributed by atoms with Crippen molar-refractivity contribution in [2.75, 3.05) is 0 Å². The van der Waals surface area contributed by atoms with Crippen LogP contribution in [0.25, 0.3) is 11.3 Å². The van der Waals surface area contributed by atoms with E-state index in [2.05, 4.69) is 24.9 Å². The van der Waals surface area contributed by atoms with Crippen molar-refractivity contribution in [3.05, 3.63) is 53.2 Å². The second-order valence-electron chi connectivity index (χ2n) is 6.82. The molecule has 2 unspecified atom stereocenters. The molecule has 5 rings (SSSR count). The molecule has 3 aliphatic carbocycles. The number of nitrogens with zero attached hydrogens (tertiary/aromatic N) is 1. The summed E-state index contributed by atoms with van der Waals surface area (Å²) < 4.78 is 26.9. The molecule has 1 nitrogen and oxygen atoms in total. The molecule has 0 spiro atoms. The second kappa shape index (κ2) is 4.12. The summed E-state index contributed by atoms with van der Waals surface area (Å²) in [7, 11) is 0. The van der Waals surface area contributed by atoms with Gasteiger partial charge in [0.2, 0.25) is 0 Å². The molecule has 0 saturated heterocycles. The molecular formula is C18H16F2N-. The molecule has 21 heavy (non-hydrogen) atoms. The number of hydrogen-bond donors (Lipinski definition) is 0. The van der Waals surface area contributed by atoms with Crippen LogP contribution in [0.4, 0.5) is 8.78 Å². The topological polar surface area (TPSA) is 12.9 Å². The lowest BCUT2D eigenvalue weighted by Gasteiger charge is -2.57. The van der Waals surface area contributed by atoms with Gasteiger partial charge in [-0.2, -0.15) is 0 Å². The number of rotatable bonds is 1. The fourth-order valence-corrected chi connectivity index (χ4v) is 3.93. The molecule has 1 fully saturated rings. The summed E-state index contributed by atoms with van der Waals surface area (Å²) >= 11 is 0. The molecule has 0 radical (unpaired) electrons. The summed E-state index contributed by atoms with van der Waals surface area (Å²) in [5.41, 5.74) is 3.71. The molecule has 2 aromatic rings. The summed E-state index contributed by atoms with van der Waals surface area (Å²) in [6, 6.07) is 6.64. The lowest BCUT2D eigenvalue weighted by molar-refractivity contribution is 0.0183. The van der Waals surface area contributed by atoms with Crippen LogP contribution in [0.2, 0.25) is 0 Å². The maximum absolute atomic E-state index is 13.9. The first-order valence-corrected chi connectivity index (χ1v) is 7.32. The first kappa shape index (κ1) is 12.9. The number of pyridine rings is 1. The largest absolute Gasteiger partial charge is 0.304 e. The Morgan fingerprint density at radius 1 is 1.29 bits per heavy atom. The Morgan fingerprint density at radius 2 is 2.10 bits per heavy atom. The zero-order valence-electron chi connectivity index (χ0n) is 12.1. The van der Waals surface area contributed by atoms with Gasteiger partial charge in [0.25, 0.3) is 0 Å². The van der Waals surface area contributed by atoms with Crippen molar-refractivity contribution in [3.63, 3.8) is 0 Å². The molecular weight excluding hydrogens is 268 g/mol. The molecule has 1 aromatic heterocycles. The van der Waals surface area contributed by atoms with E-state index in [1.807, 2.05) is 12.3 Å². The Morgan fingerprint density at radius 3 is 2.81 bits per heavy atom. The maximum atomic E-state index is 13.9. The molecule has 2 bridgehead atoms. The summed E-state index contributed by atoms with van der Waals surface area (Å²) in [4.78, 5) is 4.40. The molecule has 1 heterocycles. The summed E-state index contributed by atoms with van der Waals surface area (Å²) in [5.74, 6) is 0.0445. The van der Waals surface area contributed by atoms with Crippen molar-refractivity contribution in [2.45, 2.75) is 32.6 Å². The zero-order chi connectivity index (χ0) is 14.8. The van der Waals surface area contributed by atoms with E-state index in [1.54, 1.807) is 0 Å². The Hall–Kier alpha value is -1.77. The highest BCUT2D eigenvalue weighted by atomic mass is 19.1. The monoisotopic (exact) mass is 284 g/mol.